The van der Waals surface area contributed by atoms with Crippen LogP contribution in [0.2, 0.25) is 0 Å². The van der Waals surface area contributed by atoms with Gasteiger partial charge in [-0.2, -0.15) is 4.98 Å². The summed E-state index contributed by atoms with van der Waals surface area (Å²) in [6.45, 7) is 6.60. The van der Waals surface area contributed by atoms with Crippen LogP contribution < -0.4 is 11.1 Å². The number of aromatic nitrogens is 2. The zero-order valence-electron chi connectivity index (χ0n) is 17.6. The summed E-state index contributed by atoms with van der Waals surface area (Å²) in [5, 5.41) is 6.69. The number of benzene rings is 1. The quantitative estimate of drug-likeness (QED) is 0.684. The first-order valence-corrected chi connectivity index (χ1v) is 10.5. The Morgan fingerprint density at radius 3 is 2.53 bits per heavy atom. The second-order valence-corrected chi connectivity index (χ2v) is 7.56. The molecule has 3 N–H and O–H groups in total. The van der Waals surface area contributed by atoms with Gasteiger partial charge in [-0.15, -0.1) is 0 Å². The maximum absolute atomic E-state index is 12.8. The Labute approximate surface area is 176 Å². The molecule has 0 saturated carbocycles. The van der Waals surface area contributed by atoms with Crippen molar-refractivity contribution in [3.8, 4) is 11.4 Å². The van der Waals surface area contributed by atoms with Crippen molar-refractivity contribution in [2.24, 2.45) is 5.73 Å². The molecule has 1 aliphatic rings. The number of piperazine rings is 1. The lowest BCUT2D eigenvalue weighted by Gasteiger charge is -2.38. The second-order valence-electron chi connectivity index (χ2n) is 7.56. The van der Waals surface area contributed by atoms with Crippen LogP contribution in [0.4, 0.5) is 4.79 Å². The monoisotopic (exact) mass is 414 g/mol. The maximum Gasteiger partial charge on any atom is 0.312 e. The summed E-state index contributed by atoms with van der Waals surface area (Å²) in [7, 11) is 0. The first kappa shape index (κ1) is 21.8. The standard InChI is InChI=1S/C21H30N6O3/c1-3-4-10-17(23-21(22)29)20(28)27-13-11-26(12-14-27)15(2)19-24-18(25-30-19)16-8-6-5-7-9-16/h5-9,15,17H,3-4,10-14H2,1-2H3,(H3,22,23,29). The molecule has 3 amide bonds. The molecule has 0 bridgehead atoms. The van der Waals surface area contributed by atoms with Crippen LogP contribution >= 0.6 is 0 Å². The third-order valence-electron chi connectivity index (χ3n) is 5.47. The Kier molecular flexibility index (Phi) is 7.40. The normalized spacial score (nSPS) is 16.8. The highest BCUT2D eigenvalue weighted by atomic mass is 16.5. The van der Waals surface area contributed by atoms with E-state index >= 15 is 0 Å². The first-order chi connectivity index (χ1) is 14.5. The average molecular weight is 415 g/mol. The van der Waals surface area contributed by atoms with Crippen molar-refractivity contribution in [1.82, 2.24) is 25.3 Å². The van der Waals surface area contributed by atoms with E-state index in [2.05, 4.69) is 20.4 Å². The lowest BCUT2D eigenvalue weighted by Crippen LogP contribution is -2.55. The number of carbonyl (C=O) groups excluding carboxylic acids is 2. The predicted octanol–water partition coefficient (Wildman–Crippen LogP) is 2.17. The van der Waals surface area contributed by atoms with Crippen LogP contribution in [0.1, 0.15) is 45.0 Å². The Balaban J connectivity index is 1.57. The number of nitrogens with one attached hydrogen (secondary N) is 1. The maximum atomic E-state index is 12.8. The number of amides is 3. The van der Waals surface area contributed by atoms with E-state index in [0.29, 0.717) is 44.3 Å². The minimum absolute atomic E-state index is 0.0492. The molecule has 1 saturated heterocycles. The molecular weight excluding hydrogens is 384 g/mol. The molecule has 9 nitrogen and oxygen atoms in total. The van der Waals surface area contributed by atoms with Crippen LogP contribution in [0.15, 0.2) is 34.9 Å². The number of rotatable bonds is 8. The van der Waals surface area contributed by atoms with Crippen molar-refractivity contribution in [3.63, 3.8) is 0 Å². The first-order valence-electron chi connectivity index (χ1n) is 10.5. The van der Waals surface area contributed by atoms with Crippen molar-refractivity contribution in [3.05, 3.63) is 36.2 Å². The van der Waals surface area contributed by atoms with Crippen LogP contribution in [0.5, 0.6) is 0 Å². The number of urea groups is 1. The number of carbonyl (C=O) groups is 2. The lowest BCUT2D eigenvalue weighted by molar-refractivity contribution is -0.135. The van der Waals surface area contributed by atoms with Crippen molar-refractivity contribution in [2.75, 3.05) is 26.2 Å². The molecule has 3 rings (SSSR count). The molecule has 0 aliphatic carbocycles. The van der Waals surface area contributed by atoms with Crippen molar-refractivity contribution >= 4 is 11.9 Å². The van der Waals surface area contributed by atoms with Crippen molar-refractivity contribution in [2.45, 2.75) is 45.2 Å². The molecule has 0 spiro atoms. The van der Waals surface area contributed by atoms with Gasteiger partial charge < -0.3 is 20.5 Å². The Morgan fingerprint density at radius 1 is 1.20 bits per heavy atom. The van der Waals surface area contributed by atoms with Crippen LogP contribution in [0.3, 0.4) is 0 Å². The van der Waals surface area contributed by atoms with E-state index in [1.165, 1.54) is 0 Å². The molecule has 162 valence electrons. The van der Waals surface area contributed by atoms with Crippen molar-refractivity contribution in [1.29, 1.82) is 0 Å². The summed E-state index contributed by atoms with van der Waals surface area (Å²) in [5.41, 5.74) is 6.16. The zero-order valence-corrected chi connectivity index (χ0v) is 17.6. The molecule has 2 heterocycles. The van der Waals surface area contributed by atoms with Gasteiger partial charge in [0.1, 0.15) is 6.04 Å². The van der Waals surface area contributed by atoms with Gasteiger partial charge in [0.25, 0.3) is 0 Å². The van der Waals surface area contributed by atoms with E-state index in [1.54, 1.807) is 4.90 Å². The predicted molar refractivity (Wildman–Crippen MR) is 112 cm³/mol. The number of primary amides is 1. The molecular formula is C21H30N6O3. The zero-order chi connectivity index (χ0) is 21.5. The summed E-state index contributed by atoms with van der Waals surface area (Å²) in [5.74, 6) is 1.06. The number of nitrogens with two attached hydrogens (primary N) is 1. The van der Waals surface area contributed by atoms with Crippen LogP contribution in [-0.4, -0.2) is 64.1 Å². The number of hydrogen-bond donors (Lipinski definition) is 2. The molecule has 0 radical (unpaired) electrons. The molecule has 1 fully saturated rings. The second kappa shape index (κ2) is 10.2. The summed E-state index contributed by atoms with van der Waals surface area (Å²) < 4.78 is 5.49. The van der Waals surface area contributed by atoms with E-state index in [1.807, 2.05) is 44.2 Å². The SMILES string of the molecule is CCCCC(NC(N)=O)C(=O)N1CCN(C(C)c2nc(-c3ccccc3)no2)CC1. The number of nitrogens with zero attached hydrogens (tertiary/aromatic N) is 4. The van der Waals surface area contributed by atoms with Gasteiger partial charge in [-0.25, -0.2) is 4.79 Å². The fraction of sp³-hybridized carbons (Fsp3) is 0.524. The largest absolute Gasteiger partial charge is 0.352 e. The summed E-state index contributed by atoms with van der Waals surface area (Å²) >= 11 is 0. The van der Waals surface area contributed by atoms with Gasteiger partial charge >= 0.3 is 6.03 Å². The molecule has 2 aromatic rings. The lowest BCUT2D eigenvalue weighted by atomic mass is 10.1. The highest BCUT2D eigenvalue weighted by Gasteiger charge is 2.31. The Morgan fingerprint density at radius 2 is 1.90 bits per heavy atom. The molecule has 1 aromatic heterocycles. The van der Waals surface area contributed by atoms with Crippen LogP contribution in [0.25, 0.3) is 11.4 Å². The van der Waals surface area contributed by atoms with Crippen LogP contribution in [0, 0.1) is 0 Å². The fourth-order valence-electron chi connectivity index (χ4n) is 3.65. The van der Waals surface area contributed by atoms with Gasteiger partial charge in [0.15, 0.2) is 0 Å². The number of unbranched alkanes of at least 4 members (excludes halogenated alkanes) is 1. The van der Waals surface area contributed by atoms with Gasteiger partial charge in [-0.1, -0.05) is 55.3 Å². The Bertz CT molecular complexity index is 832. The van der Waals surface area contributed by atoms with Gasteiger partial charge in [0, 0.05) is 31.7 Å². The average Bonchev–Trinajstić information content (AvgIpc) is 3.26. The third kappa shape index (κ3) is 5.35. The summed E-state index contributed by atoms with van der Waals surface area (Å²) in [4.78, 5) is 32.7. The Hall–Kier alpha value is -2.94. The topological polar surface area (TPSA) is 118 Å². The van der Waals surface area contributed by atoms with Crippen molar-refractivity contribution < 1.29 is 14.1 Å². The molecule has 2 unspecified atom stereocenters. The van der Waals surface area contributed by atoms with E-state index in [9.17, 15) is 9.59 Å². The van der Waals surface area contributed by atoms with E-state index in [-0.39, 0.29) is 11.9 Å². The molecule has 1 aliphatic heterocycles. The third-order valence-corrected chi connectivity index (χ3v) is 5.47. The van der Waals surface area contributed by atoms with E-state index in [0.717, 1.165) is 18.4 Å². The van der Waals surface area contributed by atoms with E-state index in [4.69, 9.17) is 10.3 Å². The van der Waals surface area contributed by atoms with Crippen LogP contribution in [-0.2, 0) is 4.79 Å². The summed E-state index contributed by atoms with van der Waals surface area (Å²) in [6, 6.07) is 8.43. The highest BCUT2D eigenvalue weighted by Crippen LogP contribution is 2.23. The molecule has 2 atom stereocenters. The molecule has 30 heavy (non-hydrogen) atoms. The smallest absolute Gasteiger partial charge is 0.312 e. The van der Waals surface area contributed by atoms with Gasteiger partial charge in [0.2, 0.25) is 17.6 Å². The fourth-order valence-corrected chi connectivity index (χ4v) is 3.65. The molecule has 1 aromatic carbocycles. The molecule has 9 heteroatoms. The number of hydrogen-bond acceptors (Lipinski definition) is 6. The van der Waals surface area contributed by atoms with Gasteiger partial charge in [-0.05, 0) is 13.3 Å². The summed E-state index contributed by atoms with van der Waals surface area (Å²) in [6.07, 6.45) is 2.40. The minimum Gasteiger partial charge on any atom is -0.352 e. The van der Waals surface area contributed by atoms with E-state index < -0.39 is 12.1 Å². The van der Waals surface area contributed by atoms with Gasteiger partial charge in [-0.3, -0.25) is 9.69 Å². The minimum atomic E-state index is -0.665. The van der Waals surface area contributed by atoms with Gasteiger partial charge in [0.05, 0.1) is 6.04 Å². The highest BCUT2D eigenvalue weighted by molar-refractivity contribution is 5.86.